The van der Waals surface area contributed by atoms with Crippen LogP contribution in [0.1, 0.15) is 6.92 Å². The summed E-state index contributed by atoms with van der Waals surface area (Å²) in [5.74, 6) is 0. The summed E-state index contributed by atoms with van der Waals surface area (Å²) in [5, 5.41) is 0. The minimum absolute atomic E-state index is 0.124. The van der Waals surface area contributed by atoms with Crippen molar-refractivity contribution in [2.45, 2.75) is 13.0 Å². The number of nitrogens with one attached hydrogen (secondary N) is 1. The normalized spacial score (nSPS) is 12.8. The molecule has 8 heavy (non-hydrogen) atoms. The molecule has 0 fully saturated rings. The van der Waals surface area contributed by atoms with Gasteiger partial charge >= 0.3 is 6.09 Å². The number of halogens is 1. The van der Waals surface area contributed by atoms with Gasteiger partial charge < -0.3 is 4.74 Å². The quantitative estimate of drug-likeness (QED) is 0.527. The number of rotatable bonds is 2. The molecule has 4 heteroatoms. The summed E-state index contributed by atoms with van der Waals surface area (Å²) in [5.41, 5.74) is 6.35. The molecular weight excluding hydrogens is 221 g/mol. The molecule has 1 atom stereocenters. The van der Waals surface area contributed by atoms with Gasteiger partial charge in [-0.2, -0.15) is 0 Å². The number of amides is 1. The maximum atomic E-state index is 9.85. The van der Waals surface area contributed by atoms with E-state index in [1.165, 1.54) is 0 Å². The van der Waals surface area contributed by atoms with Crippen LogP contribution >= 0.6 is 22.6 Å². The van der Waals surface area contributed by atoms with Crippen LogP contribution in [0, 0.1) is 0 Å². The standard InChI is InChI=1S/C4H7INO2/c1-3(2-5)8-4(6)7/h3,6H,2H2,1H3. The Morgan fingerprint density at radius 2 is 2.50 bits per heavy atom. The van der Waals surface area contributed by atoms with Crippen LogP contribution in [-0.2, 0) is 4.74 Å². The molecule has 0 aromatic heterocycles. The predicted molar refractivity (Wildman–Crippen MR) is 37.9 cm³/mol. The molecule has 1 amide bonds. The molecule has 0 saturated heterocycles. The van der Waals surface area contributed by atoms with Crippen molar-refractivity contribution < 1.29 is 9.53 Å². The van der Waals surface area contributed by atoms with Gasteiger partial charge in [0.05, 0.1) is 0 Å². The summed E-state index contributed by atoms with van der Waals surface area (Å²) in [6.07, 6.45) is -1.07. The fourth-order valence-corrected chi connectivity index (χ4v) is 0.394. The third-order valence-corrected chi connectivity index (χ3v) is 1.77. The van der Waals surface area contributed by atoms with Gasteiger partial charge in [0.15, 0.2) is 0 Å². The van der Waals surface area contributed by atoms with Gasteiger partial charge in [0.1, 0.15) is 6.10 Å². The summed E-state index contributed by atoms with van der Waals surface area (Å²) >= 11 is 2.09. The summed E-state index contributed by atoms with van der Waals surface area (Å²) in [6.45, 7) is 1.75. The Balaban J connectivity index is 3.24. The monoisotopic (exact) mass is 228 g/mol. The molecular formula is C4H7INO2. The van der Waals surface area contributed by atoms with Crippen molar-refractivity contribution in [3.05, 3.63) is 0 Å². The molecule has 1 N–H and O–H groups in total. The molecule has 0 spiro atoms. The van der Waals surface area contributed by atoms with Crippen molar-refractivity contribution in [2.24, 2.45) is 0 Å². The molecule has 0 aliphatic heterocycles. The summed E-state index contributed by atoms with van der Waals surface area (Å²) in [7, 11) is 0. The molecule has 1 radical (unpaired) electrons. The fraction of sp³-hybridized carbons (Fsp3) is 0.750. The van der Waals surface area contributed by atoms with Crippen LogP contribution in [0.15, 0.2) is 0 Å². The Labute approximate surface area is 61.7 Å². The number of carbonyl (C=O) groups excluding carboxylic acids is 1. The fourth-order valence-electron chi connectivity index (χ4n) is 0.214. The average molecular weight is 228 g/mol. The molecule has 1 unspecified atom stereocenters. The lowest BCUT2D eigenvalue weighted by atomic mass is 10.5. The van der Waals surface area contributed by atoms with Gasteiger partial charge in [-0.25, -0.2) is 10.5 Å². The Bertz CT molecular complexity index is 86.1. The Morgan fingerprint density at radius 1 is 2.00 bits per heavy atom. The second-order valence-electron chi connectivity index (χ2n) is 1.37. The molecule has 0 aromatic rings. The van der Waals surface area contributed by atoms with Gasteiger partial charge in [-0.15, -0.1) is 0 Å². The predicted octanol–water partition coefficient (Wildman–Crippen LogP) is 1.23. The second-order valence-corrected chi connectivity index (χ2v) is 2.25. The first-order chi connectivity index (χ1) is 3.66. The van der Waals surface area contributed by atoms with Gasteiger partial charge in [0.2, 0.25) is 0 Å². The third kappa shape index (κ3) is 4.17. The molecule has 0 aliphatic carbocycles. The molecule has 0 saturated carbocycles. The zero-order valence-electron chi connectivity index (χ0n) is 4.48. The van der Waals surface area contributed by atoms with Crippen LogP contribution in [0.2, 0.25) is 0 Å². The molecule has 0 aromatic carbocycles. The Hall–Kier alpha value is 0. The van der Waals surface area contributed by atoms with Crippen molar-refractivity contribution in [3.8, 4) is 0 Å². The SMILES string of the molecule is CC(CI)OC([NH])=O. The number of hydrogen-bond acceptors (Lipinski definition) is 2. The second kappa shape index (κ2) is 3.94. The smallest absolute Gasteiger partial charge is 0.426 e. The van der Waals surface area contributed by atoms with E-state index in [1.54, 1.807) is 6.92 Å². The van der Waals surface area contributed by atoms with Crippen molar-refractivity contribution in [3.63, 3.8) is 0 Å². The van der Waals surface area contributed by atoms with E-state index < -0.39 is 6.09 Å². The lowest BCUT2D eigenvalue weighted by Crippen LogP contribution is -2.14. The van der Waals surface area contributed by atoms with Gasteiger partial charge in [0, 0.05) is 4.43 Å². The first-order valence-electron chi connectivity index (χ1n) is 2.15. The van der Waals surface area contributed by atoms with Crippen LogP contribution in [0.25, 0.3) is 0 Å². The van der Waals surface area contributed by atoms with Crippen LogP contribution in [-0.4, -0.2) is 16.6 Å². The average Bonchev–Trinajstić information content (AvgIpc) is 1.65. The first kappa shape index (κ1) is 8.00. The lowest BCUT2D eigenvalue weighted by molar-refractivity contribution is 0.127. The van der Waals surface area contributed by atoms with E-state index in [0.29, 0.717) is 0 Å². The van der Waals surface area contributed by atoms with Crippen molar-refractivity contribution in [1.82, 2.24) is 5.73 Å². The molecule has 0 heterocycles. The highest BCUT2D eigenvalue weighted by molar-refractivity contribution is 14.1. The van der Waals surface area contributed by atoms with E-state index >= 15 is 0 Å². The van der Waals surface area contributed by atoms with E-state index in [0.717, 1.165) is 4.43 Å². The van der Waals surface area contributed by atoms with Crippen molar-refractivity contribution in [1.29, 1.82) is 0 Å². The van der Waals surface area contributed by atoms with E-state index in [9.17, 15) is 4.79 Å². The van der Waals surface area contributed by atoms with Gasteiger partial charge in [-0.05, 0) is 6.92 Å². The molecule has 0 rings (SSSR count). The maximum Gasteiger partial charge on any atom is 0.426 e. The molecule has 0 bridgehead atoms. The minimum atomic E-state index is -0.950. The van der Waals surface area contributed by atoms with Crippen molar-refractivity contribution >= 4 is 28.7 Å². The highest BCUT2D eigenvalue weighted by Gasteiger charge is 2.01. The maximum absolute atomic E-state index is 9.85. The van der Waals surface area contributed by atoms with Crippen LogP contribution in [0.5, 0.6) is 0 Å². The van der Waals surface area contributed by atoms with Gasteiger partial charge in [-0.3, -0.25) is 0 Å². The highest BCUT2D eigenvalue weighted by Crippen LogP contribution is 1.94. The Kier molecular flexibility index (Phi) is 3.94. The third-order valence-electron chi connectivity index (χ3n) is 0.526. The largest absolute Gasteiger partial charge is 0.445 e. The van der Waals surface area contributed by atoms with E-state index in [-0.39, 0.29) is 6.10 Å². The summed E-state index contributed by atoms with van der Waals surface area (Å²) in [6, 6.07) is 0. The van der Waals surface area contributed by atoms with Crippen LogP contribution in [0.3, 0.4) is 0 Å². The number of hydrogen-bond donors (Lipinski definition) is 0. The number of alkyl halides is 1. The van der Waals surface area contributed by atoms with Crippen LogP contribution < -0.4 is 5.73 Å². The number of carbonyl (C=O) groups is 1. The Morgan fingerprint density at radius 3 is 2.62 bits per heavy atom. The summed E-state index contributed by atoms with van der Waals surface area (Å²) in [4.78, 5) is 9.85. The topological polar surface area (TPSA) is 50.1 Å². The highest BCUT2D eigenvalue weighted by atomic mass is 127. The first-order valence-corrected chi connectivity index (χ1v) is 3.67. The van der Waals surface area contributed by atoms with Crippen molar-refractivity contribution in [2.75, 3.05) is 4.43 Å². The molecule has 47 valence electrons. The van der Waals surface area contributed by atoms with Gasteiger partial charge in [0.25, 0.3) is 0 Å². The van der Waals surface area contributed by atoms with E-state index in [4.69, 9.17) is 5.73 Å². The molecule has 3 nitrogen and oxygen atoms in total. The summed E-state index contributed by atoms with van der Waals surface area (Å²) < 4.78 is 5.16. The molecule has 0 aliphatic rings. The zero-order valence-corrected chi connectivity index (χ0v) is 6.64. The lowest BCUT2D eigenvalue weighted by Gasteiger charge is -2.04. The van der Waals surface area contributed by atoms with Crippen LogP contribution in [0.4, 0.5) is 4.79 Å². The van der Waals surface area contributed by atoms with E-state index in [2.05, 4.69) is 27.3 Å². The number of ether oxygens (including phenoxy) is 1. The minimum Gasteiger partial charge on any atom is -0.445 e. The zero-order chi connectivity index (χ0) is 6.57. The van der Waals surface area contributed by atoms with E-state index in [1.807, 2.05) is 0 Å². The van der Waals surface area contributed by atoms with Gasteiger partial charge in [-0.1, -0.05) is 22.6 Å².